The molecule has 0 N–H and O–H groups in total. The van der Waals surface area contributed by atoms with Crippen LogP contribution in [0.1, 0.15) is 55.6 Å². The van der Waals surface area contributed by atoms with Crippen molar-refractivity contribution < 1.29 is 18.7 Å². The highest BCUT2D eigenvalue weighted by molar-refractivity contribution is 7.17. The highest BCUT2D eigenvalue weighted by atomic mass is 32.1. The Labute approximate surface area is 193 Å². The maximum atomic E-state index is 13.6. The summed E-state index contributed by atoms with van der Waals surface area (Å²) in [5.41, 5.74) is 2.50. The minimum atomic E-state index is -0.726. The fourth-order valence-electron chi connectivity index (χ4n) is 4.11. The second-order valence-corrected chi connectivity index (χ2v) is 8.77. The van der Waals surface area contributed by atoms with E-state index in [-0.39, 0.29) is 23.4 Å². The van der Waals surface area contributed by atoms with Crippen molar-refractivity contribution in [3.05, 3.63) is 91.8 Å². The summed E-state index contributed by atoms with van der Waals surface area (Å²) < 4.78 is 11.1. The van der Waals surface area contributed by atoms with Gasteiger partial charge in [0.05, 0.1) is 29.3 Å². The topological polar surface area (TPSA) is 89.7 Å². The van der Waals surface area contributed by atoms with Crippen LogP contribution in [0.2, 0.25) is 0 Å². The van der Waals surface area contributed by atoms with Crippen LogP contribution in [0.15, 0.2) is 57.7 Å². The maximum Gasteiger partial charge on any atom is 0.350 e. The second-order valence-electron chi connectivity index (χ2n) is 7.79. The Bertz CT molecular complexity index is 1470. The molecule has 1 aliphatic heterocycles. The van der Waals surface area contributed by atoms with E-state index in [4.69, 9.17) is 9.15 Å². The number of esters is 1. The smallest absolute Gasteiger partial charge is 0.350 e. The summed E-state index contributed by atoms with van der Waals surface area (Å²) in [7, 11) is 0. The molecule has 4 aromatic rings. The molecular weight excluding hydrogens is 440 g/mol. The Morgan fingerprint density at radius 3 is 2.64 bits per heavy atom. The number of aromatic nitrogens is 1. The third-order valence-corrected chi connectivity index (χ3v) is 6.73. The molecule has 0 saturated carbocycles. The zero-order valence-corrected chi connectivity index (χ0v) is 19.1. The van der Waals surface area contributed by atoms with Crippen molar-refractivity contribution in [2.75, 3.05) is 11.5 Å². The quantitative estimate of drug-likeness (QED) is 0.407. The first kappa shape index (κ1) is 21.1. The molecule has 2 aromatic heterocycles. The summed E-state index contributed by atoms with van der Waals surface area (Å²) in [4.78, 5) is 45.8. The van der Waals surface area contributed by atoms with E-state index in [9.17, 15) is 14.4 Å². The number of thiazole rings is 1. The molecule has 0 radical (unpaired) electrons. The molecule has 1 unspecified atom stereocenters. The average Bonchev–Trinajstić information content (AvgIpc) is 3.33. The van der Waals surface area contributed by atoms with Gasteiger partial charge >= 0.3 is 5.97 Å². The van der Waals surface area contributed by atoms with Crippen LogP contribution in [0.3, 0.4) is 0 Å². The van der Waals surface area contributed by atoms with E-state index in [0.29, 0.717) is 26.7 Å². The predicted molar refractivity (Wildman–Crippen MR) is 125 cm³/mol. The van der Waals surface area contributed by atoms with Crippen LogP contribution in [0.4, 0.5) is 5.13 Å². The molecule has 7 nitrogen and oxygen atoms in total. The molecule has 33 heavy (non-hydrogen) atoms. The van der Waals surface area contributed by atoms with E-state index in [2.05, 4.69) is 4.98 Å². The number of hydrogen-bond acceptors (Lipinski definition) is 7. The van der Waals surface area contributed by atoms with Gasteiger partial charge in [-0.25, -0.2) is 9.78 Å². The summed E-state index contributed by atoms with van der Waals surface area (Å²) in [6, 6.07) is 13.8. The normalized spacial score (nSPS) is 15.2. The lowest BCUT2D eigenvalue weighted by Crippen LogP contribution is -2.29. The lowest BCUT2D eigenvalue weighted by molar-refractivity contribution is 0.0531. The van der Waals surface area contributed by atoms with Gasteiger partial charge in [0, 0.05) is 0 Å². The molecule has 0 saturated heterocycles. The van der Waals surface area contributed by atoms with Gasteiger partial charge in [-0.05, 0) is 38.5 Å². The number of fused-ring (bicyclic) bond motifs is 2. The van der Waals surface area contributed by atoms with Crippen LogP contribution in [-0.4, -0.2) is 23.5 Å². The van der Waals surface area contributed by atoms with Crippen LogP contribution in [0.5, 0.6) is 0 Å². The van der Waals surface area contributed by atoms with Crippen molar-refractivity contribution in [2.24, 2.45) is 0 Å². The number of amides is 1. The minimum absolute atomic E-state index is 0.00394. The van der Waals surface area contributed by atoms with Crippen molar-refractivity contribution in [2.45, 2.75) is 26.8 Å². The Hall–Kier alpha value is -3.78. The van der Waals surface area contributed by atoms with Gasteiger partial charge in [-0.1, -0.05) is 53.3 Å². The molecule has 1 aliphatic rings. The SMILES string of the molecule is CCOC(=O)c1sc(N2C(=O)c3oc4ccc(C)cc4c(=O)c3C2c2ccccc2)nc1C. The third kappa shape index (κ3) is 3.34. The van der Waals surface area contributed by atoms with E-state index in [0.717, 1.165) is 22.5 Å². The number of nitrogens with zero attached hydrogens (tertiary/aromatic N) is 2. The van der Waals surface area contributed by atoms with Crippen molar-refractivity contribution in [1.82, 2.24) is 4.98 Å². The Morgan fingerprint density at radius 1 is 1.15 bits per heavy atom. The summed E-state index contributed by atoms with van der Waals surface area (Å²) in [5.74, 6) is -0.965. The average molecular weight is 461 g/mol. The van der Waals surface area contributed by atoms with Gasteiger partial charge in [-0.3, -0.25) is 14.5 Å². The molecule has 0 aliphatic carbocycles. The van der Waals surface area contributed by atoms with Crippen LogP contribution in [0, 0.1) is 13.8 Å². The first-order valence-corrected chi connectivity index (χ1v) is 11.3. The Kier molecular flexibility index (Phi) is 5.09. The number of rotatable bonds is 4. The van der Waals surface area contributed by atoms with Gasteiger partial charge in [0.2, 0.25) is 5.76 Å². The number of anilines is 1. The largest absolute Gasteiger partial charge is 0.462 e. The molecule has 8 heteroatoms. The van der Waals surface area contributed by atoms with Gasteiger partial charge in [0.1, 0.15) is 10.5 Å². The van der Waals surface area contributed by atoms with Crippen molar-refractivity contribution in [1.29, 1.82) is 0 Å². The molecule has 2 aromatic carbocycles. The number of benzene rings is 2. The molecule has 0 fully saturated rings. The van der Waals surface area contributed by atoms with E-state index in [1.165, 1.54) is 4.90 Å². The fraction of sp³-hybridized carbons (Fsp3) is 0.200. The summed E-state index contributed by atoms with van der Waals surface area (Å²) in [6.45, 7) is 5.55. The van der Waals surface area contributed by atoms with Crippen LogP contribution in [-0.2, 0) is 4.74 Å². The monoisotopic (exact) mass is 460 g/mol. The van der Waals surface area contributed by atoms with E-state index in [1.807, 2.05) is 43.3 Å². The van der Waals surface area contributed by atoms with Crippen molar-refractivity contribution >= 4 is 39.3 Å². The zero-order valence-electron chi connectivity index (χ0n) is 18.2. The van der Waals surface area contributed by atoms with Crippen LogP contribution in [0.25, 0.3) is 11.0 Å². The first-order chi connectivity index (χ1) is 15.9. The fourth-order valence-corrected chi connectivity index (χ4v) is 5.09. The number of aryl methyl sites for hydroxylation is 2. The third-order valence-electron chi connectivity index (χ3n) is 5.59. The summed E-state index contributed by atoms with van der Waals surface area (Å²) in [6.07, 6.45) is 0. The lowest BCUT2D eigenvalue weighted by Gasteiger charge is -2.22. The Balaban J connectivity index is 1.75. The van der Waals surface area contributed by atoms with Gasteiger partial charge in [-0.15, -0.1) is 0 Å². The number of carbonyl (C=O) groups excluding carboxylic acids is 2. The predicted octanol–water partition coefficient (Wildman–Crippen LogP) is 4.79. The molecule has 0 bridgehead atoms. The van der Waals surface area contributed by atoms with E-state index < -0.39 is 17.9 Å². The lowest BCUT2D eigenvalue weighted by atomic mass is 9.98. The second kappa shape index (κ2) is 7.97. The molecule has 5 rings (SSSR count). The van der Waals surface area contributed by atoms with Gasteiger partial charge in [0.25, 0.3) is 5.91 Å². The standard InChI is InChI=1S/C25H20N2O5S/c1-4-31-24(30)22-14(3)26-25(33-22)27-19(15-8-6-5-7-9-15)18-20(28)16-12-13(2)10-11-17(16)32-21(18)23(27)29/h5-12,19H,4H2,1-3H3. The Morgan fingerprint density at radius 2 is 1.91 bits per heavy atom. The van der Waals surface area contributed by atoms with E-state index in [1.54, 1.807) is 26.0 Å². The van der Waals surface area contributed by atoms with Crippen LogP contribution >= 0.6 is 11.3 Å². The van der Waals surface area contributed by atoms with E-state index >= 15 is 0 Å². The molecule has 3 heterocycles. The number of carbonyl (C=O) groups is 2. The van der Waals surface area contributed by atoms with Crippen molar-refractivity contribution in [3.8, 4) is 0 Å². The molecule has 1 amide bonds. The summed E-state index contributed by atoms with van der Waals surface area (Å²) in [5, 5.41) is 0.729. The maximum absolute atomic E-state index is 13.6. The number of hydrogen-bond donors (Lipinski definition) is 0. The van der Waals surface area contributed by atoms with Gasteiger partial charge in [0.15, 0.2) is 10.6 Å². The van der Waals surface area contributed by atoms with Gasteiger partial charge < -0.3 is 9.15 Å². The van der Waals surface area contributed by atoms with Crippen LogP contribution < -0.4 is 10.3 Å². The molecular formula is C25H20N2O5S. The summed E-state index contributed by atoms with van der Waals surface area (Å²) >= 11 is 1.07. The molecule has 166 valence electrons. The zero-order chi connectivity index (χ0) is 23.3. The van der Waals surface area contributed by atoms with Crippen molar-refractivity contribution in [3.63, 3.8) is 0 Å². The van der Waals surface area contributed by atoms with Gasteiger partial charge in [-0.2, -0.15) is 0 Å². The molecule has 1 atom stereocenters. The highest BCUT2D eigenvalue weighted by Gasteiger charge is 2.45. The number of ether oxygens (including phenoxy) is 1. The first-order valence-electron chi connectivity index (χ1n) is 10.5. The minimum Gasteiger partial charge on any atom is -0.462 e. The highest BCUT2D eigenvalue weighted by Crippen LogP contribution is 2.43. The molecule has 0 spiro atoms.